The average molecular weight is 291 g/mol. The third-order valence-corrected chi connectivity index (χ3v) is 1.35. The van der Waals surface area contributed by atoms with Crippen LogP contribution in [0, 0.1) is 0 Å². The molecule has 0 aromatic carbocycles. The molecular formula is C7H6Cl3NO3S. The summed E-state index contributed by atoms with van der Waals surface area (Å²) in [6.45, 7) is 0. The summed E-state index contributed by atoms with van der Waals surface area (Å²) in [4.78, 5) is 14.6. The fourth-order valence-corrected chi connectivity index (χ4v) is 0.781. The largest absolute Gasteiger partial charge is 0.464 e. The lowest BCUT2D eigenvalue weighted by Gasteiger charge is -1.96. The van der Waals surface area contributed by atoms with E-state index in [-0.39, 0.29) is 5.69 Å². The van der Waals surface area contributed by atoms with Gasteiger partial charge in [0.25, 0.3) is 0 Å². The van der Waals surface area contributed by atoms with Crippen molar-refractivity contribution in [2.45, 2.75) is 0 Å². The normalized spacial score (nSPS) is 9.13. The van der Waals surface area contributed by atoms with E-state index in [1.165, 1.54) is 19.4 Å². The number of ether oxygens (including phenoxy) is 1. The maximum atomic E-state index is 10.8. The number of hydrogen-bond donors (Lipinski definition) is 0. The maximum Gasteiger partial charge on any atom is 0.356 e. The minimum absolute atomic E-state index is 0.222. The van der Waals surface area contributed by atoms with Gasteiger partial charge in [-0.15, -0.1) is 0 Å². The van der Waals surface area contributed by atoms with Gasteiger partial charge in [0.2, 0.25) is 9.23 Å². The zero-order chi connectivity index (χ0) is 11.8. The topological polar surface area (TPSA) is 56.3 Å². The number of carbonyl (C=O) groups is 1. The number of hydrogen-bond acceptors (Lipinski definition) is 4. The second-order valence-electron chi connectivity index (χ2n) is 2.04. The summed E-state index contributed by atoms with van der Waals surface area (Å²) in [5.74, 6) is -0.479. The van der Waals surface area contributed by atoms with Crippen molar-refractivity contribution in [1.82, 2.24) is 4.98 Å². The predicted molar refractivity (Wildman–Crippen MR) is 60.4 cm³/mol. The summed E-state index contributed by atoms with van der Waals surface area (Å²) in [6.07, 6.45) is 1.45. The molecule has 0 unspecified atom stereocenters. The second-order valence-corrected chi connectivity index (χ2v) is 5.00. The summed E-state index contributed by atoms with van der Waals surface area (Å²) in [5, 5.41) is 0.473. The SMILES string of the molecule is COC(=O)c1cc(Cl)ccn1.O=S(Cl)Cl. The molecule has 15 heavy (non-hydrogen) atoms. The Bertz CT molecular complexity index is 357. The molecule has 0 N–H and O–H groups in total. The Morgan fingerprint density at radius 2 is 2.07 bits per heavy atom. The van der Waals surface area contributed by atoms with Gasteiger partial charge >= 0.3 is 5.97 Å². The Balaban J connectivity index is 0.000000423. The van der Waals surface area contributed by atoms with Crippen LogP contribution in [0.3, 0.4) is 0 Å². The molecule has 0 aliphatic rings. The molecule has 1 aromatic rings. The zero-order valence-electron chi connectivity index (χ0n) is 7.45. The summed E-state index contributed by atoms with van der Waals surface area (Å²) in [7, 11) is 8.65. The maximum absolute atomic E-state index is 10.8. The highest BCUT2D eigenvalue weighted by Crippen LogP contribution is 2.08. The van der Waals surface area contributed by atoms with Gasteiger partial charge in [-0.3, -0.25) is 0 Å². The minimum atomic E-state index is -1.67. The highest BCUT2D eigenvalue weighted by atomic mass is 36.0. The fourth-order valence-electron chi connectivity index (χ4n) is 0.621. The van der Waals surface area contributed by atoms with Crippen molar-refractivity contribution >= 4 is 48.2 Å². The van der Waals surface area contributed by atoms with Gasteiger partial charge in [0.05, 0.1) is 7.11 Å². The molecule has 0 radical (unpaired) electrons. The quantitative estimate of drug-likeness (QED) is 0.589. The first kappa shape index (κ1) is 14.6. The van der Waals surface area contributed by atoms with E-state index in [1.807, 2.05) is 0 Å². The summed E-state index contributed by atoms with van der Waals surface area (Å²) >= 11 is 5.60. The van der Waals surface area contributed by atoms with Crippen LogP contribution in [0.25, 0.3) is 0 Å². The molecule has 1 aromatic heterocycles. The Labute approximate surface area is 103 Å². The zero-order valence-corrected chi connectivity index (χ0v) is 10.5. The van der Waals surface area contributed by atoms with E-state index in [2.05, 4.69) is 31.1 Å². The van der Waals surface area contributed by atoms with Gasteiger partial charge in [-0.1, -0.05) is 11.6 Å². The fraction of sp³-hybridized carbons (Fsp3) is 0.143. The van der Waals surface area contributed by atoms with Crippen LogP contribution < -0.4 is 0 Å². The predicted octanol–water partition coefficient (Wildman–Crippen LogP) is 2.56. The number of nitrogens with zero attached hydrogens (tertiary/aromatic N) is 1. The third-order valence-electron chi connectivity index (χ3n) is 1.12. The number of methoxy groups -OCH3 is 1. The van der Waals surface area contributed by atoms with E-state index in [0.717, 1.165) is 0 Å². The van der Waals surface area contributed by atoms with Crippen molar-refractivity contribution in [3.63, 3.8) is 0 Å². The molecule has 4 nitrogen and oxygen atoms in total. The smallest absolute Gasteiger partial charge is 0.356 e. The number of esters is 1. The van der Waals surface area contributed by atoms with Gasteiger partial charge < -0.3 is 4.74 Å². The van der Waals surface area contributed by atoms with E-state index < -0.39 is 15.2 Å². The number of aromatic nitrogens is 1. The van der Waals surface area contributed by atoms with Crippen molar-refractivity contribution in [2.24, 2.45) is 0 Å². The van der Waals surface area contributed by atoms with Gasteiger partial charge in [-0.05, 0) is 12.1 Å². The molecular weight excluding hydrogens is 285 g/mol. The molecule has 0 saturated heterocycles. The highest BCUT2D eigenvalue weighted by Gasteiger charge is 2.05. The summed E-state index contributed by atoms with van der Waals surface area (Å²) in [5.41, 5.74) is 0.222. The van der Waals surface area contributed by atoms with Crippen molar-refractivity contribution in [3.05, 3.63) is 29.0 Å². The molecule has 0 aliphatic carbocycles. The Morgan fingerprint density at radius 3 is 2.47 bits per heavy atom. The monoisotopic (exact) mass is 289 g/mol. The average Bonchev–Trinajstić information content (AvgIpc) is 2.16. The first-order chi connectivity index (χ1) is 6.97. The van der Waals surface area contributed by atoms with Crippen LogP contribution in [0.2, 0.25) is 5.02 Å². The molecule has 0 bridgehead atoms. The first-order valence-electron chi connectivity index (χ1n) is 3.41. The van der Waals surface area contributed by atoms with Crippen molar-refractivity contribution in [2.75, 3.05) is 7.11 Å². The molecule has 1 rings (SSSR count). The van der Waals surface area contributed by atoms with Gasteiger partial charge in [0.1, 0.15) is 5.69 Å². The van der Waals surface area contributed by atoms with Crippen molar-refractivity contribution in [3.8, 4) is 0 Å². The lowest BCUT2D eigenvalue weighted by Crippen LogP contribution is -2.03. The van der Waals surface area contributed by atoms with Crippen LogP contribution in [0.1, 0.15) is 10.5 Å². The molecule has 1 heterocycles. The van der Waals surface area contributed by atoms with Crippen LogP contribution in [0.15, 0.2) is 18.3 Å². The summed E-state index contributed by atoms with van der Waals surface area (Å²) < 4.78 is 13.5. The van der Waals surface area contributed by atoms with E-state index >= 15 is 0 Å². The van der Waals surface area contributed by atoms with Crippen LogP contribution in [0.5, 0.6) is 0 Å². The lowest BCUT2D eigenvalue weighted by molar-refractivity contribution is 0.0594. The van der Waals surface area contributed by atoms with Crippen LogP contribution in [-0.4, -0.2) is 22.3 Å². The molecule has 0 atom stereocenters. The van der Waals surface area contributed by atoms with E-state index in [0.29, 0.717) is 5.02 Å². The van der Waals surface area contributed by atoms with Crippen LogP contribution in [0.4, 0.5) is 0 Å². The second kappa shape index (κ2) is 7.87. The number of pyridine rings is 1. The Kier molecular flexibility index (Phi) is 7.68. The summed E-state index contributed by atoms with van der Waals surface area (Å²) in [6, 6.07) is 3.04. The molecule has 0 fully saturated rings. The molecule has 0 spiro atoms. The molecule has 0 saturated carbocycles. The van der Waals surface area contributed by atoms with Gasteiger partial charge in [0.15, 0.2) is 0 Å². The molecule has 8 heteroatoms. The number of carbonyl (C=O) groups excluding carboxylic acids is 1. The standard InChI is InChI=1S/C7H6ClNO2.Cl2OS/c1-11-7(10)6-4-5(8)2-3-9-6;1-4(2)3/h2-4H,1H3;. The number of halogens is 3. The van der Waals surface area contributed by atoms with E-state index in [9.17, 15) is 4.79 Å². The van der Waals surface area contributed by atoms with E-state index in [4.69, 9.17) is 15.8 Å². The van der Waals surface area contributed by atoms with Gasteiger partial charge in [0, 0.05) is 32.6 Å². The van der Waals surface area contributed by atoms with Crippen molar-refractivity contribution < 1.29 is 13.7 Å². The Morgan fingerprint density at radius 1 is 1.53 bits per heavy atom. The first-order valence-corrected chi connectivity index (χ1v) is 6.59. The van der Waals surface area contributed by atoms with E-state index in [1.54, 1.807) is 6.07 Å². The lowest BCUT2D eigenvalue weighted by atomic mass is 10.3. The van der Waals surface area contributed by atoms with Crippen molar-refractivity contribution in [1.29, 1.82) is 0 Å². The third kappa shape index (κ3) is 7.56. The molecule has 0 aliphatic heterocycles. The molecule has 84 valence electrons. The number of rotatable bonds is 1. The molecule has 0 amide bonds. The van der Waals surface area contributed by atoms with Gasteiger partial charge in [-0.2, -0.15) is 0 Å². The van der Waals surface area contributed by atoms with Crippen LogP contribution in [-0.2, 0) is 14.0 Å². The van der Waals surface area contributed by atoms with Gasteiger partial charge in [-0.25, -0.2) is 14.0 Å². The highest BCUT2D eigenvalue weighted by molar-refractivity contribution is 8.26. The Hall–Kier alpha value is -0.360. The van der Waals surface area contributed by atoms with Crippen LogP contribution >= 0.6 is 33.0 Å². The minimum Gasteiger partial charge on any atom is -0.464 e.